The molecule has 0 spiro atoms. The number of halogens is 3. The fraction of sp³-hybridized carbons (Fsp3) is 0.889. The van der Waals surface area contributed by atoms with Gasteiger partial charge in [0.1, 0.15) is 6.54 Å². The lowest BCUT2D eigenvalue weighted by Crippen LogP contribution is -2.44. The Kier molecular flexibility index (Phi) is 3.59. The Morgan fingerprint density at radius 3 is 2.33 bits per heavy atom. The minimum Gasteiger partial charge on any atom is -0.347 e. The first-order valence-corrected chi connectivity index (χ1v) is 4.93. The summed E-state index contributed by atoms with van der Waals surface area (Å²) in [6, 6.07) is 0. The van der Waals surface area contributed by atoms with Crippen LogP contribution in [0.5, 0.6) is 0 Å². The van der Waals surface area contributed by atoms with Crippen LogP contribution in [-0.2, 0) is 4.79 Å². The third-order valence-corrected chi connectivity index (χ3v) is 2.60. The molecule has 1 fully saturated rings. The molecule has 0 aliphatic heterocycles. The summed E-state index contributed by atoms with van der Waals surface area (Å²) >= 11 is 0. The number of alkyl halides is 3. The molecule has 0 bridgehead atoms. The van der Waals surface area contributed by atoms with Gasteiger partial charge >= 0.3 is 6.18 Å². The van der Waals surface area contributed by atoms with Crippen LogP contribution in [0.4, 0.5) is 13.2 Å². The van der Waals surface area contributed by atoms with Crippen molar-refractivity contribution in [3.63, 3.8) is 0 Å². The van der Waals surface area contributed by atoms with Gasteiger partial charge < -0.3 is 11.1 Å². The number of carbonyl (C=O) groups is 1. The van der Waals surface area contributed by atoms with Crippen molar-refractivity contribution in [1.82, 2.24) is 5.32 Å². The number of rotatable bonds is 3. The van der Waals surface area contributed by atoms with Crippen LogP contribution in [0.25, 0.3) is 0 Å². The molecule has 1 aliphatic carbocycles. The van der Waals surface area contributed by atoms with Crippen LogP contribution in [0.15, 0.2) is 0 Å². The largest absolute Gasteiger partial charge is 0.405 e. The van der Waals surface area contributed by atoms with Crippen molar-refractivity contribution in [3.05, 3.63) is 0 Å². The van der Waals surface area contributed by atoms with Gasteiger partial charge in [0.15, 0.2) is 0 Å². The summed E-state index contributed by atoms with van der Waals surface area (Å²) in [5.74, 6) is -0.614. The minimum absolute atomic E-state index is 0.0108. The highest BCUT2D eigenvalue weighted by atomic mass is 19.4. The smallest absolute Gasteiger partial charge is 0.347 e. The van der Waals surface area contributed by atoms with Gasteiger partial charge in [0.05, 0.1) is 0 Å². The molecular weight excluding hydrogens is 209 g/mol. The fourth-order valence-corrected chi connectivity index (χ4v) is 1.84. The zero-order chi connectivity index (χ0) is 11.5. The molecule has 1 aliphatic rings. The van der Waals surface area contributed by atoms with E-state index >= 15 is 0 Å². The number of hydrogen-bond acceptors (Lipinski definition) is 2. The van der Waals surface area contributed by atoms with Crippen LogP contribution in [0.1, 0.15) is 32.1 Å². The van der Waals surface area contributed by atoms with Crippen molar-refractivity contribution in [2.75, 3.05) is 6.54 Å². The molecule has 15 heavy (non-hydrogen) atoms. The molecule has 0 aromatic heterocycles. The van der Waals surface area contributed by atoms with E-state index in [1.54, 1.807) is 0 Å². The van der Waals surface area contributed by atoms with Crippen LogP contribution < -0.4 is 11.1 Å². The molecule has 0 unspecified atom stereocenters. The summed E-state index contributed by atoms with van der Waals surface area (Å²) < 4.78 is 35.3. The summed E-state index contributed by atoms with van der Waals surface area (Å²) in [6.45, 7) is -1.28. The van der Waals surface area contributed by atoms with Crippen LogP contribution in [0, 0.1) is 0 Å². The van der Waals surface area contributed by atoms with Crippen molar-refractivity contribution in [3.8, 4) is 0 Å². The minimum atomic E-state index is -4.35. The van der Waals surface area contributed by atoms with E-state index in [1.165, 1.54) is 0 Å². The Morgan fingerprint density at radius 1 is 1.33 bits per heavy atom. The normalized spacial score (nSPS) is 20.3. The third-order valence-electron chi connectivity index (χ3n) is 2.60. The number of nitrogens with two attached hydrogens (primary N) is 1. The van der Waals surface area contributed by atoms with Crippen molar-refractivity contribution >= 4 is 5.91 Å². The quantitative estimate of drug-likeness (QED) is 0.759. The average molecular weight is 224 g/mol. The van der Waals surface area contributed by atoms with Gasteiger partial charge in [-0.3, -0.25) is 4.79 Å². The third kappa shape index (κ3) is 4.51. The van der Waals surface area contributed by atoms with Gasteiger partial charge in [-0.2, -0.15) is 13.2 Å². The van der Waals surface area contributed by atoms with Gasteiger partial charge in [0.25, 0.3) is 0 Å². The Morgan fingerprint density at radius 2 is 1.87 bits per heavy atom. The maximum absolute atomic E-state index is 11.8. The zero-order valence-electron chi connectivity index (χ0n) is 8.36. The molecule has 3 N–H and O–H groups in total. The van der Waals surface area contributed by atoms with Crippen molar-refractivity contribution < 1.29 is 18.0 Å². The van der Waals surface area contributed by atoms with E-state index in [1.807, 2.05) is 5.32 Å². The van der Waals surface area contributed by atoms with Crippen molar-refractivity contribution in [2.45, 2.75) is 43.8 Å². The predicted molar refractivity (Wildman–Crippen MR) is 49.1 cm³/mol. The van der Waals surface area contributed by atoms with E-state index < -0.39 is 24.2 Å². The molecule has 6 heteroatoms. The second kappa shape index (κ2) is 4.38. The highest BCUT2D eigenvalue weighted by Gasteiger charge is 2.33. The van der Waals surface area contributed by atoms with E-state index in [0.717, 1.165) is 12.8 Å². The number of amides is 1. The standard InChI is InChI=1S/C9H15F3N2O/c10-9(11,12)6-14-7(15)5-8(13)3-1-2-4-8/h1-6,13H2,(H,14,15). The molecule has 3 nitrogen and oxygen atoms in total. The van der Waals surface area contributed by atoms with Gasteiger partial charge in [0.2, 0.25) is 5.91 Å². The molecule has 1 saturated carbocycles. The summed E-state index contributed by atoms with van der Waals surface area (Å²) in [7, 11) is 0. The van der Waals surface area contributed by atoms with Crippen LogP contribution >= 0.6 is 0 Å². The maximum atomic E-state index is 11.8. The van der Waals surface area contributed by atoms with Crippen molar-refractivity contribution in [1.29, 1.82) is 0 Å². The van der Waals surface area contributed by atoms with Gasteiger partial charge in [-0.25, -0.2) is 0 Å². The summed E-state index contributed by atoms with van der Waals surface area (Å²) in [5, 5.41) is 1.83. The van der Waals surface area contributed by atoms with E-state index in [9.17, 15) is 18.0 Å². The highest BCUT2D eigenvalue weighted by Crippen LogP contribution is 2.29. The average Bonchev–Trinajstić information content (AvgIpc) is 2.47. The van der Waals surface area contributed by atoms with Crippen LogP contribution in [0.3, 0.4) is 0 Å². The highest BCUT2D eigenvalue weighted by molar-refractivity contribution is 5.77. The molecular formula is C9H15F3N2O. The molecule has 0 radical (unpaired) electrons. The first kappa shape index (κ1) is 12.3. The monoisotopic (exact) mass is 224 g/mol. The number of carbonyl (C=O) groups excluding carboxylic acids is 1. The molecule has 0 heterocycles. The van der Waals surface area contributed by atoms with Crippen LogP contribution in [0.2, 0.25) is 0 Å². The zero-order valence-corrected chi connectivity index (χ0v) is 8.36. The van der Waals surface area contributed by atoms with E-state index in [0.29, 0.717) is 12.8 Å². The first-order chi connectivity index (χ1) is 6.81. The Hall–Kier alpha value is -0.780. The van der Waals surface area contributed by atoms with Gasteiger partial charge in [-0.1, -0.05) is 12.8 Å². The molecule has 1 amide bonds. The molecule has 0 saturated heterocycles. The second-order valence-corrected chi connectivity index (χ2v) is 4.14. The summed E-state index contributed by atoms with van der Waals surface area (Å²) in [6.07, 6.45) is -1.04. The van der Waals surface area contributed by atoms with Crippen molar-refractivity contribution in [2.24, 2.45) is 5.73 Å². The van der Waals surface area contributed by atoms with Gasteiger partial charge in [0, 0.05) is 12.0 Å². The molecule has 1 rings (SSSR count). The molecule has 0 atom stereocenters. The molecule has 0 aromatic rings. The Bertz CT molecular complexity index is 234. The van der Waals surface area contributed by atoms with Gasteiger partial charge in [-0.05, 0) is 12.8 Å². The predicted octanol–water partition coefficient (Wildman–Crippen LogP) is 1.33. The maximum Gasteiger partial charge on any atom is 0.405 e. The SMILES string of the molecule is NC1(CC(=O)NCC(F)(F)F)CCCC1. The van der Waals surface area contributed by atoms with E-state index in [2.05, 4.69) is 0 Å². The molecule has 0 aromatic carbocycles. The fourth-order valence-electron chi connectivity index (χ4n) is 1.84. The van der Waals surface area contributed by atoms with E-state index in [4.69, 9.17) is 5.73 Å². The second-order valence-electron chi connectivity index (χ2n) is 4.14. The lowest BCUT2D eigenvalue weighted by Gasteiger charge is -2.22. The summed E-state index contributed by atoms with van der Waals surface area (Å²) in [4.78, 5) is 11.2. The van der Waals surface area contributed by atoms with Crippen LogP contribution in [-0.4, -0.2) is 24.2 Å². The lowest BCUT2D eigenvalue weighted by atomic mass is 9.94. The van der Waals surface area contributed by atoms with Gasteiger partial charge in [-0.15, -0.1) is 0 Å². The topological polar surface area (TPSA) is 55.1 Å². The first-order valence-electron chi connectivity index (χ1n) is 4.93. The Balaban J connectivity index is 2.30. The summed E-state index contributed by atoms with van der Waals surface area (Å²) in [5.41, 5.74) is 5.27. The lowest BCUT2D eigenvalue weighted by molar-refractivity contribution is -0.139. The molecule has 88 valence electrons. The Labute approximate surface area is 86.2 Å². The number of hydrogen-bond donors (Lipinski definition) is 2. The number of nitrogens with one attached hydrogen (secondary N) is 1. The van der Waals surface area contributed by atoms with E-state index in [-0.39, 0.29) is 6.42 Å².